The first-order valence-electron chi connectivity index (χ1n) is 5.99. The molecule has 0 saturated heterocycles. The van der Waals surface area contributed by atoms with Crippen LogP contribution < -0.4 is 11.1 Å². The third-order valence-corrected chi connectivity index (χ3v) is 3.31. The van der Waals surface area contributed by atoms with Crippen molar-refractivity contribution >= 4 is 21.8 Å². The largest absolute Gasteiger partial charge is 0.349 e. The van der Waals surface area contributed by atoms with Crippen molar-refractivity contribution in [3.63, 3.8) is 0 Å². The normalized spacial score (nSPS) is 10.7. The van der Waals surface area contributed by atoms with Gasteiger partial charge in [-0.05, 0) is 28.1 Å². The van der Waals surface area contributed by atoms with E-state index >= 15 is 0 Å². The summed E-state index contributed by atoms with van der Waals surface area (Å²) in [6.45, 7) is -0.0724. The first-order chi connectivity index (χ1) is 10.0. The molecule has 1 heterocycles. The van der Waals surface area contributed by atoms with E-state index in [4.69, 9.17) is 5.73 Å². The Morgan fingerprint density at radius 2 is 2.19 bits per heavy atom. The molecule has 21 heavy (non-hydrogen) atoms. The zero-order chi connectivity index (χ0) is 15.4. The van der Waals surface area contributed by atoms with Gasteiger partial charge < -0.3 is 11.1 Å². The Labute approximate surface area is 127 Å². The van der Waals surface area contributed by atoms with Gasteiger partial charge in [0.05, 0.1) is 30.3 Å². The summed E-state index contributed by atoms with van der Waals surface area (Å²) in [7, 11) is 0. The molecule has 3 N–H and O–H groups in total. The summed E-state index contributed by atoms with van der Waals surface area (Å²) in [5, 5.41) is 10.1. The Morgan fingerprint density at radius 3 is 2.90 bits per heavy atom. The lowest BCUT2D eigenvalue weighted by Gasteiger charge is -2.06. The van der Waals surface area contributed by atoms with E-state index in [1.54, 1.807) is 0 Å². The molecule has 0 atom stereocenters. The van der Waals surface area contributed by atoms with Crippen molar-refractivity contribution in [2.45, 2.75) is 13.1 Å². The quantitative estimate of drug-likeness (QED) is 0.778. The molecular formula is C12H12BrF2N5O. The highest BCUT2D eigenvalue weighted by atomic mass is 79.9. The maximum Gasteiger partial charge on any atom is 0.234 e. The number of halogens is 3. The second kappa shape index (κ2) is 6.72. The van der Waals surface area contributed by atoms with Gasteiger partial charge in [-0.15, -0.1) is 5.10 Å². The monoisotopic (exact) mass is 359 g/mol. The van der Waals surface area contributed by atoms with Gasteiger partial charge in [0.15, 0.2) is 0 Å². The molecule has 6 nitrogen and oxygen atoms in total. The number of hydrogen-bond donors (Lipinski definition) is 2. The standard InChI is InChI=1S/C12H12BrF2N5O/c13-9-1-2-10(14)8(12(9)15)6-20-5-7(18-19-20)4-17-11(21)3-16/h1-2,5H,3-4,6,16H2,(H,17,21). The van der Waals surface area contributed by atoms with Gasteiger partial charge in [0.25, 0.3) is 0 Å². The number of nitrogens with two attached hydrogens (primary N) is 1. The number of rotatable bonds is 5. The van der Waals surface area contributed by atoms with Crippen molar-refractivity contribution < 1.29 is 13.6 Å². The number of carbonyl (C=O) groups excluding carboxylic acids is 1. The number of carbonyl (C=O) groups is 1. The van der Waals surface area contributed by atoms with Crippen LogP contribution >= 0.6 is 15.9 Å². The Bertz CT molecular complexity index is 661. The maximum absolute atomic E-state index is 13.8. The van der Waals surface area contributed by atoms with Crippen LogP contribution in [-0.2, 0) is 17.9 Å². The zero-order valence-electron chi connectivity index (χ0n) is 10.8. The Balaban J connectivity index is 2.09. The summed E-state index contributed by atoms with van der Waals surface area (Å²) in [5.74, 6) is -1.67. The summed E-state index contributed by atoms with van der Waals surface area (Å²) >= 11 is 3.00. The minimum absolute atomic E-state index is 0.102. The molecule has 112 valence electrons. The lowest BCUT2D eigenvalue weighted by Crippen LogP contribution is -2.29. The van der Waals surface area contributed by atoms with Crippen LogP contribution in [0.15, 0.2) is 22.8 Å². The van der Waals surface area contributed by atoms with Crippen LogP contribution in [0.4, 0.5) is 8.78 Å². The van der Waals surface area contributed by atoms with Crippen molar-refractivity contribution in [1.29, 1.82) is 0 Å². The van der Waals surface area contributed by atoms with Crippen LogP contribution in [0, 0.1) is 11.6 Å². The van der Waals surface area contributed by atoms with E-state index in [0.29, 0.717) is 5.69 Å². The Morgan fingerprint density at radius 1 is 1.43 bits per heavy atom. The predicted octanol–water partition coefficient (Wildman–Crippen LogP) is 0.942. The zero-order valence-corrected chi connectivity index (χ0v) is 12.4. The van der Waals surface area contributed by atoms with Crippen LogP contribution in [-0.4, -0.2) is 27.4 Å². The van der Waals surface area contributed by atoms with Crippen molar-refractivity contribution in [1.82, 2.24) is 20.3 Å². The molecule has 2 rings (SSSR count). The van der Waals surface area contributed by atoms with Crippen LogP contribution in [0.3, 0.4) is 0 Å². The first-order valence-corrected chi connectivity index (χ1v) is 6.78. The smallest absolute Gasteiger partial charge is 0.234 e. The molecule has 2 aromatic rings. The van der Waals surface area contributed by atoms with Gasteiger partial charge in [-0.1, -0.05) is 5.21 Å². The molecule has 0 unspecified atom stereocenters. The van der Waals surface area contributed by atoms with Crippen LogP contribution in [0.25, 0.3) is 0 Å². The highest BCUT2D eigenvalue weighted by Gasteiger charge is 2.14. The maximum atomic E-state index is 13.8. The van der Waals surface area contributed by atoms with Gasteiger partial charge in [-0.3, -0.25) is 4.79 Å². The number of nitrogens with zero attached hydrogens (tertiary/aromatic N) is 3. The van der Waals surface area contributed by atoms with E-state index in [0.717, 1.165) is 0 Å². The van der Waals surface area contributed by atoms with Crippen molar-refractivity contribution in [2.24, 2.45) is 5.73 Å². The Hall–Kier alpha value is -1.87. The summed E-state index contributed by atoms with van der Waals surface area (Å²) in [6, 6.07) is 2.46. The second-order valence-corrected chi connectivity index (χ2v) is 5.06. The highest BCUT2D eigenvalue weighted by Crippen LogP contribution is 2.22. The number of benzene rings is 1. The summed E-state index contributed by atoms with van der Waals surface area (Å²) in [4.78, 5) is 11.0. The molecule has 0 spiro atoms. The molecule has 0 bridgehead atoms. The van der Waals surface area contributed by atoms with E-state index in [1.165, 1.54) is 23.0 Å². The molecule has 0 radical (unpaired) electrons. The third-order valence-electron chi connectivity index (χ3n) is 2.70. The SMILES string of the molecule is NCC(=O)NCc1cn(Cc2c(F)ccc(Br)c2F)nn1. The molecule has 0 fully saturated rings. The van der Waals surface area contributed by atoms with Crippen LogP contribution in [0.5, 0.6) is 0 Å². The van der Waals surface area contributed by atoms with Gasteiger partial charge >= 0.3 is 0 Å². The molecule has 1 aromatic carbocycles. The lowest BCUT2D eigenvalue weighted by molar-refractivity contribution is -0.119. The number of amides is 1. The lowest BCUT2D eigenvalue weighted by atomic mass is 10.2. The fourth-order valence-corrected chi connectivity index (χ4v) is 2.01. The second-order valence-electron chi connectivity index (χ2n) is 4.21. The number of aromatic nitrogens is 3. The molecule has 0 aliphatic rings. The van der Waals surface area contributed by atoms with Crippen molar-refractivity contribution in [3.8, 4) is 0 Å². The Kier molecular flexibility index (Phi) is 4.97. The van der Waals surface area contributed by atoms with E-state index in [-0.39, 0.29) is 35.6 Å². The third kappa shape index (κ3) is 3.82. The molecule has 0 saturated carbocycles. The predicted molar refractivity (Wildman–Crippen MR) is 74.1 cm³/mol. The van der Waals surface area contributed by atoms with E-state index in [2.05, 4.69) is 31.6 Å². The minimum Gasteiger partial charge on any atom is -0.349 e. The van der Waals surface area contributed by atoms with E-state index < -0.39 is 11.6 Å². The molecule has 9 heteroatoms. The minimum atomic E-state index is -0.677. The fourth-order valence-electron chi connectivity index (χ4n) is 1.63. The average molecular weight is 360 g/mol. The molecular weight excluding hydrogens is 348 g/mol. The number of hydrogen-bond acceptors (Lipinski definition) is 4. The van der Waals surface area contributed by atoms with Crippen LogP contribution in [0.2, 0.25) is 0 Å². The molecule has 1 amide bonds. The molecule has 0 aliphatic heterocycles. The first kappa shape index (κ1) is 15.5. The van der Waals surface area contributed by atoms with Gasteiger partial charge in [0.1, 0.15) is 17.3 Å². The fraction of sp³-hybridized carbons (Fsp3) is 0.250. The van der Waals surface area contributed by atoms with Gasteiger partial charge in [-0.2, -0.15) is 0 Å². The molecule has 1 aromatic heterocycles. The van der Waals surface area contributed by atoms with Gasteiger partial charge in [-0.25, -0.2) is 13.5 Å². The van der Waals surface area contributed by atoms with Crippen molar-refractivity contribution in [3.05, 3.63) is 45.7 Å². The summed E-state index contributed by atoms with van der Waals surface area (Å²) in [6.07, 6.45) is 1.50. The topological polar surface area (TPSA) is 85.8 Å². The summed E-state index contributed by atoms with van der Waals surface area (Å²) in [5.41, 5.74) is 5.50. The van der Waals surface area contributed by atoms with Gasteiger partial charge in [0, 0.05) is 5.56 Å². The summed E-state index contributed by atoms with van der Waals surface area (Å²) < 4.78 is 28.9. The van der Waals surface area contributed by atoms with Gasteiger partial charge in [0.2, 0.25) is 5.91 Å². The van der Waals surface area contributed by atoms with Crippen LogP contribution in [0.1, 0.15) is 11.3 Å². The van der Waals surface area contributed by atoms with Crippen molar-refractivity contribution in [2.75, 3.05) is 6.54 Å². The number of nitrogens with one attached hydrogen (secondary N) is 1. The van der Waals surface area contributed by atoms with E-state index in [9.17, 15) is 13.6 Å². The average Bonchev–Trinajstić information content (AvgIpc) is 2.93. The molecule has 0 aliphatic carbocycles. The van der Waals surface area contributed by atoms with E-state index in [1.807, 2.05) is 0 Å². The highest BCUT2D eigenvalue weighted by molar-refractivity contribution is 9.10.